The fraction of sp³-hybridized carbons (Fsp3) is 0.600. The minimum atomic E-state index is -0.0715. The first-order chi connectivity index (χ1) is 12.7. The van der Waals surface area contributed by atoms with E-state index in [9.17, 15) is 9.59 Å². The van der Waals surface area contributed by atoms with Crippen molar-refractivity contribution >= 4 is 11.8 Å². The van der Waals surface area contributed by atoms with E-state index in [2.05, 4.69) is 5.32 Å². The third-order valence-corrected chi connectivity index (χ3v) is 5.32. The predicted molar refractivity (Wildman–Crippen MR) is 99.9 cm³/mol. The average Bonchev–Trinajstić information content (AvgIpc) is 3.15. The van der Waals surface area contributed by atoms with Crippen LogP contribution >= 0.6 is 0 Å². The fourth-order valence-corrected chi connectivity index (χ4v) is 3.90. The minimum absolute atomic E-state index is 0.0267. The molecule has 2 fully saturated rings. The molecule has 2 saturated heterocycles. The summed E-state index contributed by atoms with van der Waals surface area (Å²) in [6.07, 6.45) is 2.81. The number of benzene rings is 1. The SMILES string of the molecule is CNCC1CCN(C(=O)C2CCCN(C(=O)COc3ccccc3)C2)C1. The number of ether oxygens (including phenoxy) is 1. The molecule has 2 heterocycles. The van der Waals surface area contributed by atoms with Crippen LogP contribution < -0.4 is 10.1 Å². The van der Waals surface area contributed by atoms with E-state index in [1.807, 2.05) is 42.3 Å². The maximum atomic E-state index is 12.8. The highest BCUT2D eigenvalue weighted by Gasteiger charge is 2.34. The number of hydrogen-bond acceptors (Lipinski definition) is 4. The van der Waals surface area contributed by atoms with Gasteiger partial charge in [0.1, 0.15) is 5.75 Å². The maximum Gasteiger partial charge on any atom is 0.260 e. The Hall–Kier alpha value is -2.08. The zero-order chi connectivity index (χ0) is 18.4. The summed E-state index contributed by atoms with van der Waals surface area (Å²) in [5.41, 5.74) is 0. The van der Waals surface area contributed by atoms with Crippen LogP contribution in [-0.4, -0.2) is 68.0 Å². The third-order valence-electron chi connectivity index (χ3n) is 5.32. The summed E-state index contributed by atoms with van der Waals surface area (Å²) < 4.78 is 5.56. The molecule has 0 saturated carbocycles. The highest BCUT2D eigenvalue weighted by molar-refractivity contribution is 5.82. The van der Waals surface area contributed by atoms with Gasteiger partial charge in [-0.3, -0.25) is 9.59 Å². The lowest BCUT2D eigenvalue weighted by molar-refractivity contribution is -0.141. The van der Waals surface area contributed by atoms with Crippen molar-refractivity contribution in [2.45, 2.75) is 19.3 Å². The average molecular weight is 359 g/mol. The van der Waals surface area contributed by atoms with E-state index >= 15 is 0 Å². The second-order valence-corrected chi connectivity index (χ2v) is 7.28. The summed E-state index contributed by atoms with van der Waals surface area (Å²) in [6.45, 7) is 3.88. The van der Waals surface area contributed by atoms with Gasteiger partial charge in [-0.1, -0.05) is 18.2 Å². The highest BCUT2D eigenvalue weighted by atomic mass is 16.5. The molecule has 2 aliphatic rings. The van der Waals surface area contributed by atoms with Gasteiger partial charge in [-0.2, -0.15) is 0 Å². The van der Waals surface area contributed by atoms with Crippen molar-refractivity contribution in [3.8, 4) is 5.75 Å². The lowest BCUT2D eigenvalue weighted by Crippen LogP contribution is -2.47. The molecule has 1 N–H and O–H groups in total. The number of rotatable bonds is 6. The molecule has 0 aromatic heterocycles. The Balaban J connectivity index is 1.49. The van der Waals surface area contributed by atoms with E-state index in [-0.39, 0.29) is 24.3 Å². The molecular weight excluding hydrogens is 330 g/mol. The molecule has 1 aromatic carbocycles. The molecule has 0 aliphatic carbocycles. The molecule has 0 spiro atoms. The Morgan fingerprint density at radius 1 is 1.12 bits per heavy atom. The van der Waals surface area contributed by atoms with Crippen molar-refractivity contribution in [2.24, 2.45) is 11.8 Å². The molecule has 6 nitrogen and oxygen atoms in total. The van der Waals surface area contributed by atoms with Gasteiger partial charge in [0.2, 0.25) is 5.91 Å². The minimum Gasteiger partial charge on any atom is -0.484 e. The van der Waals surface area contributed by atoms with Crippen LogP contribution in [0.2, 0.25) is 0 Å². The lowest BCUT2D eigenvalue weighted by Gasteiger charge is -2.34. The zero-order valence-corrected chi connectivity index (χ0v) is 15.5. The molecular formula is C20H29N3O3. The molecule has 2 unspecified atom stereocenters. The topological polar surface area (TPSA) is 61.9 Å². The van der Waals surface area contributed by atoms with Crippen LogP contribution in [-0.2, 0) is 9.59 Å². The van der Waals surface area contributed by atoms with Crippen molar-refractivity contribution < 1.29 is 14.3 Å². The maximum absolute atomic E-state index is 12.8. The molecule has 0 bridgehead atoms. The van der Waals surface area contributed by atoms with Crippen LogP contribution in [0.5, 0.6) is 5.75 Å². The zero-order valence-electron chi connectivity index (χ0n) is 15.5. The van der Waals surface area contributed by atoms with E-state index < -0.39 is 0 Å². The van der Waals surface area contributed by atoms with Crippen molar-refractivity contribution in [3.05, 3.63) is 30.3 Å². The molecule has 142 valence electrons. The number of amides is 2. The van der Waals surface area contributed by atoms with Crippen LogP contribution in [0.25, 0.3) is 0 Å². The molecule has 1 aromatic rings. The van der Waals surface area contributed by atoms with Gasteiger partial charge in [0.15, 0.2) is 6.61 Å². The fourth-order valence-electron chi connectivity index (χ4n) is 3.90. The van der Waals surface area contributed by atoms with E-state index in [1.165, 1.54) is 0 Å². The Labute approximate surface area is 155 Å². The van der Waals surface area contributed by atoms with Crippen molar-refractivity contribution in [2.75, 3.05) is 46.4 Å². The van der Waals surface area contributed by atoms with Crippen molar-refractivity contribution in [1.29, 1.82) is 0 Å². The lowest BCUT2D eigenvalue weighted by atomic mass is 9.96. The normalized spacial score (nSPS) is 23.1. The summed E-state index contributed by atoms with van der Waals surface area (Å²) in [6, 6.07) is 9.35. The summed E-state index contributed by atoms with van der Waals surface area (Å²) in [4.78, 5) is 29.1. The van der Waals surface area contributed by atoms with E-state index in [4.69, 9.17) is 4.74 Å². The Bertz CT molecular complexity index is 608. The summed E-state index contributed by atoms with van der Waals surface area (Å²) in [5.74, 6) is 1.34. The number of hydrogen-bond donors (Lipinski definition) is 1. The Morgan fingerprint density at radius 2 is 1.92 bits per heavy atom. The quantitative estimate of drug-likeness (QED) is 0.833. The number of para-hydroxylation sites is 1. The van der Waals surface area contributed by atoms with E-state index in [0.29, 0.717) is 24.8 Å². The largest absolute Gasteiger partial charge is 0.484 e. The molecule has 2 atom stereocenters. The van der Waals surface area contributed by atoms with Gasteiger partial charge in [-0.15, -0.1) is 0 Å². The van der Waals surface area contributed by atoms with Gasteiger partial charge in [0.25, 0.3) is 5.91 Å². The monoisotopic (exact) mass is 359 g/mol. The third kappa shape index (κ3) is 4.75. The van der Waals surface area contributed by atoms with Gasteiger partial charge < -0.3 is 19.9 Å². The van der Waals surface area contributed by atoms with E-state index in [0.717, 1.165) is 38.9 Å². The molecule has 26 heavy (non-hydrogen) atoms. The van der Waals surface area contributed by atoms with Gasteiger partial charge in [-0.25, -0.2) is 0 Å². The van der Waals surface area contributed by atoms with Crippen LogP contribution in [0.3, 0.4) is 0 Å². The molecule has 3 rings (SSSR count). The smallest absolute Gasteiger partial charge is 0.260 e. The Kier molecular flexibility index (Phi) is 6.50. The number of carbonyl (C=O) groups is 2. The standard InChI is InChI=1S/C20H29N3O3/c1-21-12-16-9-11-23(13-16)20(25)17-6-5-10-22(14-17)19(24)15-26-18-7-3-2-4-8-18/h2-4,7-8,16-17,21H,5-6,9-15H2,1H3. The van der Waals surface area contributed by atoms with Crippen LogP contribution in [0.4, 0.5) is 0 Å². The van der Waals surface area contributed by atoms with Gasteiger partial charge >= 0.3 is 0 Å². The molecule has 2 aliphatic heterocycles. The van der Waals surface area contributed by atoms with Gasteiger partial charge in [0.05, 0.1) is 5.92 Å². The summed E-state index contributed by atoms with van der Waals surface area (Å²) >= 11 is 0. The van der Waals surface area contributed by atoms with Crippen molar-refractivity contribution in [1.82, 2.24) is 15.1 Å². The van der Waals surface area contributed by atoms with E-state index in [1.54, 1.807) is 4.90 Å². The Morgan fingerprint density at radius 3 is 2.69 bits per heavy atom. The molecule has 0 radical (unpaired) electrons. The summed E-state index contributed by atoms with van der Waals surface area (Å²) in [7, 11) is 1.95. The number of piperidine rings is 1. The second kappa shape index (κ2) is 9.03. The van der Waals surface area contributed by atoms with Gasteiger partial charge in [0, 0.05) is 26.2 Å². The number of nitrogens with one attached hydrogen (secondary N) is 1. The first-order valence-electron chi connectivity index (χ1n) is 9.56. The number of likely N-dealkylation sites (tertiary alicyclic amines) is 2. The second-order valence-electron chi connectivity index (χ2n) is 7.28. The van der Waals surface area contributed by atoms with Gasteiger partial charge in [-0.05, 0) is 50.9 Å². The molecule has 6 heteroatoms. The number of carbonyl (C=O) groups excluding carboxylic acids is 2. The first-order valence-corrected chi connectivity index (χ1v) is 9.56. The van der Waals surface area contributed by atoms with Crippen LogP contribution in [0.1, 0.15) is 19.3 Å². The van der Waals surface area contributed by atoms with Crippen LogP contribution in [0, 0.1) is 11.8 Å². The first kappa shape index (κ1) is 18.7. The molecule has 2 amide bonds. The number of nitrogens with zero attached hydrogens (tertiary/aromatic N) is 2. The van der Waals surface area contributed by atoms with Crippen LogP contribution in [0.15, 0.2) is 30.3 Å². The highest BCUT2D eigenvalue weighted by Crippen LogP contribution is 2.23. The van der Waals surface area contributed by atoms with Crippen molar-refractivity contribution in [3.63, 3.8) is 0 Å². The summed E-state index contributed by atoms with van der Waals surface area (Å²) in [5, 5.41) is 3.19. The predicted octanol–water partition coefficient (Wildman–Crippen LogP) is 1.37.